The Bertz CT molecular complexity index is 888. The molecule has 0 bridgehead atoms. The Hall–Kier alpha value is -2.25. The summed E-state index contributed by atoms with van der Waals surface area (Å²) in [7, 11) is 0. The molecule has 5 nitrogen and oxygen atoms in total. The van der Waals surface area contributed by atoms with Crippen LogP contribution in [-0.2, 0) is 17.6 Å². The second kappa shape index (κ2) is 8.63. The maximum absolute atomic E-state index is 13.0. The number of fused-ring (bicyclic) bond motifs is 1. The molecular weight excluding hydrogens is 389 g/mol. The van der Waals surface area contributed by atoms with E-state index < -0.39 is 0 Å². The van der Waals surface area contributed by atoms with E-state index in [1.165, 1.54) is 29.0 Å². The third-order valence-corrected chi connectivity index (χ3v) is 6.92. The number of thiophene rings is 1. The molecule has 1 atom stereocenters. The zero-order chi connectivity index (χ0) is 20.4. The Morgan fingerprint density at radius 2 is 1.90 bits per heavy atom. The van der Waals surface area contributed by atoms with Crippen LogP contribution in [0.25, 0.3) is 0 Å². The number of hydrogen-bond acceptors (Lipinski definition) is 4. The molecule has 1 fully saturated rings. The Morgan fingerprint density at radius 3 is 2.62 bits per heavy atom. The molecule has 0 unspecified atom stereocenters. The Balaban J connectivity index is 1.27. The molecule has 7 heteroatoms. The molecule has 1 N–H and O–H groups in total. The number of halogens is 1. The zero-order valence-corrected chi connectivity index (χ0v) is 17.4. The summed E-state index contributed by atoms with van der Waals surface area (Å²) in [5.41, 5.74) is 1.94. The standard InChI is InChI=1S/C22H26FN3O2S/c1-15-2-7-19-16(12-15)13-20(29-19)22(28)26-10-8-25(9-11-26)14-21(27)24-18-5-3-17(23)4-6-18/h3-6,13,15H,2,7-12,14H2,1H3,(H,24,27)/t15-/m0/s1. The lowest BCUT2D eigenvalue weighted by Crippen LogP contribution is -2.50. The average Bonchev–Trinajstić information content (AvgIpc) is 3.13. The van der Waals surface area contributed by atoms with Gasteiger partial charge in [-0.3, -0.25) is 14.5 Å². The molecule has 1 aliphatic heterocycles. The van der Waals surface area contributed by atoms with Gasteiger partial charge >= 0.3 is 0 Å². The Kier molecular flexibility index (Phi) is 5.96. The third kappa shape index (κ3) is 4.85. The summed E-state index contributed by atoms with van der Waals surface area (Å²) in [5, 5.41) is 2.78. The number of benzene rings is 1. The smallest absolute Gasteiger partial charge is 0.264 e. The second-order valence-electron chi connectivity index (χ2n) is 8.03. The van der Waals surface area contributed by atoms with E-state index in [1.54, 1.807) is 23.5 Å². The van der Waals surface area contributed by atoms with Crippen molar-refractivity contribution in [1.82, 2.24) is 9.80 Å². The molecule has 2 amide bonds. The first-order chi connectivity index (χ1) is 14.0. The van der Waals surface area contributed by atoms with Gasteiger partial charge < -0.3 is 10.2 Å². The van der Waals surface area contributed by atoms with Crippen molar-refractivity contribution in [2.45, 2.75) is 26.2 Å². The van der Waals surface area contributed by atoms with Crippen molar-refractivity contribution in [3.05, 3.63) is 51.5 Å². The highest BCUT2D eigenvalue weighted by atomic mass is 32.1. The van der Waals surface area contributed by atoms with Crippen LogP contribution in [0.4, 0.5) is 10.1 Å². The lowest BCUT2D eigenvalue weighted by atomic mass is 9.90. The first-order valence-corrected chi connectivity index (χ1v) is 11.0. The van der Waals surface area contributed by atoms with Crippen molar-refractivity contribution in [2.75, 3.05) is 38.0 Å². The topological polar surface area (TPSA) is 52.7 Å². The minimum atomic E-state index is -0.329. The molecule has 2 aromatic rings. The van der Waals surface area contributed by atoms with Crippen LogP contribution >= 0.6 is 11.3 Å². The molecule has 1 aliphatic carbocycles. The normalized spacial score (nSPS) is 19.7. The van der Waals surface area contributed by atoms with Crippen LogP contribution in [-0.4, -0.2) is 54.3 Å². The summed E-state index contributed by atoms with van der Waals surface area (Å²) in [4.78, 5) is 31.3. The average molecular weight is 416 g/mol. The van der Waals surface area contributed by atoms with Crippen LogP contribution in [0.3, 0.4) is 0 Å². The van der Waals surface area contributed by atoms with Gasteiger partial charge in [-0.25, -0.2) is 4.39 Å². The quantitative estimate of drug-likeness (QED) is 0.833. The first kappa shape index (κ1) is 20.0. The summed E-state index contributed by atoms with van der Waals surface area (Å²) in [6.07, 6.45) is 3.38. The van der Waals surface area contributed by atoms with Crippen LogP contribution in [0.2, 0.25) is 0 Å². The Morgan fingerprint density at radius 1 is 1.17 bits per heavy atom. The number of hydrogen-bond donors (Lipinski definition) is 1. The highest BCUT2D eigenvalue weighted by Crippen LogP contribution is 2.32. The maximum Gasteiger partial charge on any atom is 0.264 e. The number of rotatable bonds is 4. The predicted molar refractivity (Wildman–Crippen MR) is 113 cm³/mol. The van der Waals surface area contributed by atoms with Crippen LogP contribution in [0.5, 0.6) is 0 Å². The fourth-order valence-electron chi connectivity index (χ4n) is 4.01. The van der Waals surface area contributed by atoms with Gasteiger partial charge in [-0.05, 0) is 61.1 Å². The lowest BCUT2D eigenvalue weighted by Gasteiger charge is -2.34. The van der Waals surface area contributed by atoms with Crippen LogP contribution in [0.1, 0.15) is 33.5 Å². The summed E-state index contributed by atoms with van der Waals surface area (Å²) in [5.74, 6) is 0.360. The van der Waals surface area contributed by atoms with Gasteiger partial charge in [0.05, 0.1) is 11.4 Å². The van der Waals surface area contributed by atoms with E-state index in [9.17, 15) is 14.0 Å². The molecule has 2 heterocycles. The molecule has 0 radical (unpaired) electrons. The summed E-state index contributed by atoms with van der Waals surface area (Å²) >= 11 is 1.66. The van der Waals surface area contributed by atoms with Crippen molar-refractivity contribution in [3.8, 4) is 0 Å². The number of nitrogens with one attached hydrogen (secondary N) is 1. The fourth-order valence-corrected chi connectivity index (χ4v) is 5.19. The lowest BCUT2D eigenvalue weighted by molar-refractivity contribution is -0.117. The molecule has 1 aromatic carbocycles. The maximum atomic E-state index is 13.0. The van der Waals surface area contributed by atoms with Crippen molar-refractivity contribution < 1.29 is 14.0 Å². The molecule has 29 heavy (non-hydrogen) atoms. The van der Waals surface area contributed by atoms with E-state index >= 15 is 0 Å². The van der Waals surface area contributed by atoms with Gasteiger partial charge in [-0.2, -0.15) is 0 Å². The van der Waals surface area contributed by atoms with E-state index in [1.807, 2.05) is 9.80 Å². The van der Waals surface area contributed by atoms with Crippen molar-refractivity contribution in [2.24, 2.45) is 5.92 Å². The molecule has 2 aliphatic rings. The molecule has 0 spiro atoms. The van der Waals surface area contributed by atoms with Gasteiger partial charge in [0, 0.05) is 36.7 Å². The molecule has 0 saturated carbocycles. The number of carbonyl (C=O) groups is 2. The number of amides is 2. The van der Waals surface area contributed by atoms with E-state index in [4.69, 9.17) is 0 Å². The minimum absolute atomic E-state index is 0.118. The van der Waals surface area contributed by atoms with Gasteiger partial charge in [-0.15, -0.1) is 11.3 Å². The Labute approximate surface area is 174 Å². The highest BCUT2D eigenvalue weighted by Gasteiger charge is 2.26. The predicted octanol–water partition coefficient (Wildman–Crippen LogP) is 3.41. The molecule has 1 saturated heterocycles. The number of anilines is 1. The molecule has 154 valence electrons. The number of aryl methyl sites for hydroxylation is 1. The first-order valence-electron chi connectivity index (χ1n) is 10.2. The van der Waals surface area contributed by atoms with E-state index in [0.29, 0.717) is 37.8 Å². The van der Waals surface area contributed by atoms with Crippen molar-refractivity contribution in [1.29, 1.82) is 0 Å². The molecular formula is C22H26FN3O2S. The SMILES string of the molecule is C[C@H]1CCc2sc(C(=O)N3CCN(CC(=O)Nc4ccc(F)cc4)CC3)cc2C1. The van der Waals surface area contributed by atoms with Gasteiger partial charge in [0.15, 0.2) is 0 Å². The monoisotopic (exact) mass is 415 g/mol. The summed E-state index contributed by atoms with van der Waals surface area (Å²) in [6.45, 7) is 5.14. The van der Waals surface area contributed by atoms with Gasteiger partial charge in [0.25, 0.3) is 5.91 Å². The summed E-state index contributed by atoms with van der Waals surface area (Å²) < 4.78 is 13.0. The van der Waals surface area contributed by atoms with Gasteiger partial charge in [-0.1, -0.05) is 6.92 Å². The minimum Gasteiger partial charge on any atom is -0.335 e. The largest absolute Gasteiger partial charge is 0.335 e. The van der Waals surface area contributed by atoms with Crippen molar-refractivity contribution in [3.63, 3.8) is 0 Å². The van der Waals surface area contributed by atoms with E-state index in [2.05, 4.69) is 18.3 Å². The van der Waals surface area contributed by atoms with E-state index in [-0.39, 0.29) is 24.2 Å². The third-order valence-electron chi connectivity index (χ3n) is 5.69. The van der Waals surface area contributed by atoms with Crippen LogP contribution < -0.4 is 5.32 Å². The second-order valence-corrected chi connectivity index (χ2v) is 9.17. The fraction of sp³-hybridized carbons (Fsp3) is 0.455. The number of piperazine rings is 1. The van der Waals surface area contributed by atoms with Gasteiger partial charge in [0.2, 0.25) is 5.91 Å². The van der Waals surface area contributed by atoms with Gasteiger partial charge in [0.1, 0.15) is 5.82 Å². The highest BCUT2D eigenvalue weighted by molar-refractivity contribution is 7.14. The van der Waals surface area contributed by atoms with Crippen LogP contribution in [0.15, 0.2) is 30.3 Å². The van der Waals surface area contributed by atoms with E-state index in [0.717, 1.165) is 17.7 Å². The molecule has 1 aromatic heterocycles. The summed E-state index contributed by atoms with van der Waals surface area (Å²) in [6, 6.07) is 7.84. The van der Waals surface area contributed by atoms with Crippen molar-refractivity contribution >= 4 is 28.8 Å². The number of carbonyl (C=O) groups excluding carboxylic acids is 2. The number of nitrogens with zero attached hydrogens (tertiary/aromatic N) is 2. The zero-order valence-electron chi connectivity index (χ0n) is 16.6. The van der Waals surface area contributed by atoms with Crippen LogP contribution in [0, 0.1) is 11.7 Å². The molecule has 4 rings (SSSR count).